The molecule has 0 aliphatic rings. The molecular formula is C23H28N2O6. The first-order chi connectivity index (χ1) is 14.7. The highest BCUT2D eigenvalue weighted by atomic mass is 16.6. The fourth-order valence-electron chi connectivity index (χ4n) is 2.60. The van der Waals surface area contributed by atoms with E-state index in [1.807, 2.05) is 30.3 Å². The van der Waals surface area contributed by atoms with E-state index in [9.17, 15) is 14.4 Å². The van der Waals surface area contributed by atoms with Gasteiger partial charge in [0.15, 0.2) is 6.04 Å². The average Bonchev–Trinajstić information content (AvgIpc) is 2.74. The van der Waals surface area contributed by atoms with Crippen molar-refractivity contribution < 1.29 is 28.6 Å². The summed E-state index contributed by atoms with van der Waals surface area (Å²) in [6.07, 6.45) is -1.26. The van der Waals surface area contributed by atoms with E-state index < -0.39 is 29.8 Å². The van der Waals surface area contributed by atoms with Crippen molar-refractivity contribution in [2.45, 2.75) is 45.6 Å². The average molecular weight is 428 g/mol. The lowest BCUT2D eigenvalue weighted by atomic mass is 10.0. The summed E-state index contributed by atoms with van der Waals surface area (Å²) in [5, 5.41) is 5.18. The van der Waals surface area contributed by atoms with Crippen LogP contribution in [0.4, 0.5) is 9.59 Å². The molecule has 0 aliphatic carbocycles. The molecule has 0 spiro atoms. The van der Waals surface area contributed by atoms with Gasteiger partial charge in [0.25, 0.3) is 0 Å². The number of rotatable bonds is 7. The minimum atomic E-state index is -1.03. The predicted molar refractivity (Wildman–Crippen MR) is 114 cm³/mol. The third-order valence-electron chi connectivity index (χ3n) is 4.06. The Morgan fingerprint density at radius 2 is 1.55 bits per heavy atom. The lowest BCUT2D eigenvalue weighted by Gasteiger charge is -2.20. The molecule has 0 radical (unpaired) electrons. The molecule has 0 fully saturated rings. The van der Waals surface area contributed by atoms with Crippen LogP contribution in [0.15, 0.2) is 54.6 Å². The van der Waals surface area contributed by atoms with Gasteiger partial charge in [0.1, 0.15) is 12.2 Å². The normalized spacial score (nSPS) is 11.7. The molecule has 8 heteroatoms. The Labute approximate surface area is 181 Å². The van der Waals surface area contributed by atoms with Gasteiger partial charge in [-0.25, -0.2) is 14.4 Å². The number of carbonyl (C=O) groups excluding carboxylic acids is 3. The molecule has 0 heterocycles. The van der Waals surface area contributed by atoms with Crippen LogP contribution in [0, 0.1) is 0 Å². The maximum absolute atomic E-state index is 12.2. The zero-order chi connectivity index (χ0) is 22.9. The summed E-state index contributed by atoms with van der Waals surface area (Å²) < 4.78 is 15.2. The lowest BCUT2D eigenvalue weighted by Crippen LogP contribution is -2.35. The number of carbonyl (C=O) groups is 3. The molecule has 2 N–H and O–H groups in total. The monoisotopic (exact) mass is 428 g/mol. The summed E-state index contributed by atoms with van der Waals surface area (Å²) in [7, 11) is 1.24. The molecule has 2 aromatic rings. The van der Waals surface area contributed by atoms with Crippen LogP contribution < -0.4 is 10.6 Å². The molecule has 1 unspecified atom stereocenters. The van der Waals surface area contributed by atoms with Gasteiger partial charge in [-0.1, -0.05) is 54.6 Å². The number of nitrogens with one attached hydrogen (secondary N) is 2. The third-order valence-corrected chi connectivity index (χ3v) is 4.06. The minimum Gasteiger partial charge on any atom is -0.467 e. The standard InChI is InChI=1S/C23H28N2O6/c1-23(2,3)31-21(27)24-14-16-10-12-18(13-11-16)19(20(26)29-4)25-22(28)30-15-17-8-6-5-7-9-17/h5-13,19H,14-15H2,1-4H3,(H,24,27)(H,25,28). The first-order valence-corrected chi connectivity index (χ1v) is 9.78. The largest absolute Gasteiger partial charge is 0.467 e. The van der Waals surface area contributed by atoms with E-state index >= 15 is 0 Å². The number of amides is 2. The number of benzene rings is 2. The Morgan fingerprint density at radius 1 is 0.903 bits per heavy atom. The maximum atomic E-state index is 12.2. The number of esters is 1. The van der Waals surface area contributed by atoms with Gasteiger partial charge in [0.2, 0.25) is 0 Å². The maximum Gasteiger partial charge on any atom is 0.408 e. The summed E-state index contributed by atoms with van der Waals surface area (Å²) in [4.78, 5) is 36.1. The summed E-state index contributed by atoms with van der Waals surface area (Å²) >= 11 is 0. The third kappa shape index (κ3) is 8.38. The number of hydrogen-bond donors (Lipinski definition) is 2. The Bertz CT molecular complexity index is 875. The number of alkyl carbamates (subject to hydrolysis) is 2. The van der Waals surface area contributed by atoms with E-state index in [-0.39, 0.29) is 13.2 Å². The fraction of sp³-hybridized carbons (Fsp3) is 0.348. The number of hydrogen-bond acceptors (Lipinski definition) is 6. The Morgan fingerprint density at radius 3 is 2.13 bits per heavy atom. The second-order valence-electron chi connectivity index (χ2n) is 7.76. The van der Waals surface area contributed by atoms with Crippen LogP contribution in [-0.4, -0.2) is 30.9 Å². The van der Waals surface area contributed by atoms with Gasteiger partial charge in [-0.15, -0.1) is 0 Å². The van der Waals surface area contributed by atoms with Gasteiger partial charge in [-0.2, -0.15) is 0 Å². The van der Waals surface area contributed by atoms with Crippen molar-refractivity contribution in [3.8, 4) is 0 Å². The van der Waals surface area contributed by atoms with Gasteiger partial charge in [0.05, 0.1) is 7.11 Å². The Hall–Kier alpha value is -3.55. The highest BCUT2D eigenvalue weighted by Gasteiger charge is 2.24. The molecule has 2 rings (SSSR count). The topological polar surface area (TPSA) is 103 Å². The zero-order valence-corrected chi connectivity index (χ0v) is 18.1. The van der Waals surface area contributed by atoms with E-state index in [2.05, 4.69) is 10.6 Å². The minimum absolute atomic E-state index is 0.0792. The Balaban J connectivity index is 1.96. The second-order valence-corrected chi connectivity index (χ2v) is 7.76. The van der Waals surface area contributed by atoms with Gasteiger partial charge in [0, 0.05) is 6.54 Å². The highest BCUT2D eigenvalue weighted by molar-refractivity contribution is 5.82. The van der Waals surface area contributed by atoms with Crippen LogP contribution in [0.2, 0.25) is 0 Å². The summed E-state index contributed by atoms with van der Waals surface area (Å²) in [6, 6.07) is 15.0. The van der Waals surface area contributed by atoms with Crippen molar-refractivity contribution in [1.29, 1.82) is 0 Å². The molecule has 1 atom stereocenters. The van der Waals surface area contributed by atoms with Gasteiger partial charge in [-0.05, 0) is 37.5 Å². The van der Waals surface area contributed by atoms with Crippen molar-refractivity contribution in [2.24, 2.45) is 0 Å². The highest BCUT2D eigenvalue weighted by Crippen LogP contribution is 2.17. The molecule has 0 saturated carbocycles. The lowest BCUT2D eigenvalue weighted by molar-refractivity contribution is -0.143. The fourth-order valence-corrected chi connectivity index (χ4v) is 2.60. The van der Waals surface area contributed by atoms with E-state index in [1.54, 1.807) is 45.0 Å². The van der Waals surface area contributed by atoms with Crippen molar-refractivity contribution in [2.75, 3.05) is 7.11 Å². The predicted octanol–water partition coefficient (Wildman–Crippen LogP) is 3.85. The van der Waals surface area contributed by atoms with Crippen LogP contribution in [0.1, 0.15) is 43.5 Å². The van der Waals surface area contributed by atoms with Gasteiger partial charge >= 0.3 is 18.2 Å². The van der Waals surface area contributed by atoms with Crippen molar-refractivity contribution in [3.63, 3.8) is 0 Å². The molecule has 0 aromatic heterocycles. The SMILES string of the molecule is COC(=O)C(NC(=O)OCc1ccccc1)c1ccc(CNC(=O)OC(C)(C)C)cc1. The van der Waals surface area contributed by atoms with E-state index in [4.69, 9.17) is 14.2 Å². The molecule has 31 heavy (non-hydrogen) atoms. The molecule has 2 amide bonds. The first kappa shape index (κ1) is 23.7. The molecule has 0 aliphatic heterocycles. The van der Waals surface area contributed by atoms with Gasteiger partial charge in [-0.3, -0.25) is 0 Å². The molecule has 8 nitrogen and oxygen atoms in total. The van der Waals surface area contributed by atoms with E-state index in [0.29, 0.717) is 5.56 Å². The van der Waals surface area contributed by atoms with Crippen LogP contribution in [-0.2, 0) is 32.2 Å². The molecule has 0 saturated heterocycles. The molecule has 2 aromatic carbocycles. The van der Waals surface area contributed by atoms with E-state index in [0.717, 1.165) is 11.1 Å². The van der Waals surface area contributed by atoms with Crippen molar-refractivity contribution in [1.82, 2.24) is 10.6 Å². The van der Waals surface area contributed by atoms with E-state index in [1.165, 1.54) is 7.11 Å². The van der Waals surface area contributed by atoms with Crippen molar-refractivity contribution in [3.05, 3.63) is 71.3 Å². The molecule has 0 bridgehead atoms. The Kier molecular flexibility index (Phi) is 8.43. The second kappa shape index (κ2) is 11.0. The van der Waals surface area contributed by atoms with Crippen molar-refractivity contribution >= 4 is 18.2 Å². The molecule has 166 valence electrons. The quantitative estimate of drug-likeness (QED) is 0.513. The van der Waals surface area contributed by atoms with Crippen LogP contribution in [0.5, 0.6) is 0 Å². The molecular weight excluding hydrogens is 400 g/mol. The smallest absolute Gasteiger partial charge is 0.408 e. The number of ether oxygens (including phenoxy) is 3. The summed E-state index contributed by atoms with van der Waals surface area (Å²) in [5.41, 5.74) is 1.56. The van der Waals surface area contributed by atoms with Gasteiger partial charge < -0.3 is 24.8 Å². The summed E-state index contributed by atoms with van der Waals surface area (Å²) in [6.45, 7) is 5.69. The van der Waals surface area contributed by atoms with Crippen LogP contribution >= 0.6 is 0 Å². The number of methoxy groups -OCH3 is 1. The first-order valence-electron chi connectivity index (χ1n) is 9.78. The zero-order valence-electron chi connectivity index (χ0n) is 18.1. The van der Waals surface area contributed by atoms with Crippen LogP contribution in [0.25, 0.3) is 0 Å². The van der Waals surface area contributed by atoms with Crippen LogP contribution in [0.3, 0.4) is 0 Å². The summed E-state index contributed by atoms with van der Waals surface area (Å²) in [5.74, 6) is -0.628.